The van der Waals surface area contributed by atoms with Crippen LogP contribution in [0.3, 0.4) is 0 Å². The van der Waals surface area contributed by atoms with Crippen LogP contribution in [0.15, 0.2) is 5.38 Å². The highest BCUT2D eigenvalue weighted by Gasteiger charge is 2.22. The van der Waals surface area contributed by atoms with Crippen molar-refractivity contribution in [3.63, 3.8) is 0 Å². The molecule has 6 nitrogen and oxygen atoms in total. The van der Waals surface area contributed by atoms with Gasteiger partial charge in [-0.15, -0.1) is 11.3 Å². The molecule has 1 atom stereocenters. The molecule has 0 aromatic carbocycles. The number of thiazole rings is 1. The Bertz CT molecular complexity index is 502. The van der Waals surface area contributed by atoms with Crippen molar-refractivity contribution in [2.24, 2.45) is 0 Å². The molecule has 0 aliphatic carbocycles. The first-order valence-corrected chi connectivity index (χ1v) is 8.30. The molecule has 0 aliphatic heterocycles. The van der Waals surface area contributed by atoms with Gasteiger partial charge in [-0.3, -0.25) is 0 Å². The van der Waals surface area contributed by atoms with Gasteiger partial charge < -0.3 is 15.0 Å². The summed E-state index contributed by atoms with van der Waals surface area (Å²) in [6, 6.07) is -0.908. The van der Waals surface area contributed by atoms with Crippen LogP contribution < -0.4 is 5.32 Å². The van der Waals surface area contributed by atoms with Crippen LogP contribution in [0.2, 0.25) is 0 Å². The van der Waals surface area contributed by atoms with Gasteiger partial charge >= 0.3 is 12.0 Å². The van der Waals surface area contributed by atoms with E-state index in [2.05, 4.69) is 24.1 Å². The van der Waals surface area contributed by atoms with Crippen LogP contribution in [0.5, 0.6) is 0 Å². The highest BCUT2D eigenvalue weighted by atomic mass is 32.1. The molecule has 0 radical (unpaired) electrons. The number of nitrogens with one attached hydrogen (secondary N) is 1. The van der Waals surface area contributed by atoms with E-state index in [9.17, 15) is 9.59 Å². The third-order valence-electron chi connectivity index (χ3n) is 3.17. The second-order valence-electron chi connectivity index (χ2n) is 5.50. The van der Waals surface area contributed by atoms with Crippen molar-refractivity contribution in [3.05, 3.63) is 16.1 Å². The predicted octanol–water partition coefficient (Wildman–Crippen LogP) is 2.75. The first-order chi connectivity index (χ1) is 10.4. The second-order valence-corrected chi connectivity index (χ2v) is 6.39. The summed E-state index contributed by atoms with van der Waals surface area (Å²) < 4.78 is 4.71. The highest BCUT2D eigenvalue weighted by Crippen LogP contribution is 2.19. The number of nitrogens with zero attached hydrogens (tertiary/aromatic N) is 2. The summed E-state index contributed by atoms with van der Waals surface area (Å²) in [7, 11) is 3.01. The molecule has 7 heteroatoms. The van der Waals surface area contributed by atoms with Crippen LogP contribution in [0.25, 0.3) is 0 Å². The van der Waals surface area contributed by atoms with Gasteiger partial charge in [0.15, 0.2) is 0 Å². The van der Waals surface area contributed by atoms with Gasteiger partial charge in [0.25, 0.3) is 0 Å². The van der Waals surface area contributed by atoms with E-state index in [0.29, 0.717) is 18.9 Å². The minimum absolute atomic E-state index is 0.303. The lowest BCUT2D eigenvalue weighted by Gasteiger charge is -2.21. The summed E-state index contributed by atoms with van der Waals surface area (Å²) in [4.78, 5) is 29.8. The van der Waals surface area contributed by atoms with Crippen molar-refractivity contribution >= 4 is 23.3 Å². The summed E-state index contributed by atoms with van der Waals surface area (Å²) in [5.74, 6) is -0.0366. The van der Waals surface area contributed by atoms with Gasteiger partial charge in [0.05, 0.1) is 24.4 Å². The Kier molecular flexibility index (Phi) is 7.31. The molecule has 1 heterocycles. The Morgan fingerprint density at radius 3 is 2.64 bits per heavy atom. The molecule has 1 rings (SSSR count). The van der Waals surface area contributed by atoms with E-state index in [0.717, 1.165) is 17.1 Å². The molecular weight excluding hydrogens is 302 g/mol. The number of hydrogen-bond donors (Lipinski definition) is 1. The number of esters is 1. The van der Waals surface area contributed by atoms with Crippen LogP contribution in [0.1, 0.15) is 50.2 Å². The molecule has 1 aromatic heterocycles. The van der Waals surface area contributed by atoms with Crippen LogP contribution in [0.4, 0.5) is 4.79 Å². The Morgan fingerprint density at radius 2 is 2.14 bits per heavy atom. The monoisotopic (exact) mass is 327 g/mol. The Balaban J connectivity index is 2.61. The Hall–Kier alpha value is -1.63. The fraction of sp³-hybridized carbons (Fsp3) is 0.667. The van der Waals surface area contributed by atoms with Gasteiger partial charge in [0.2, 0.25) is 0 Å². The third-order valence-corrected chi connectivity index (χ3v) is 4.36. The fourth-order valence-corrected chi connectivity index (χ4v) is 2.74. The molecule has 0 bridgehead atoms. The largest absolute Gasteiger partial charge is 0.467 e. The minimum atomic E-state index is -0.605. The normalized spacial score (nSPS) is 12.1. The average Bonchev–Trinajstić information content (AvgIpc) is 2.94. The lowest BCUT2D eigenvalue weighted by Crippen LogP contribution is -2.46. The van der Waals surface area contributed by atoms with E-state index in [1.165, 1.54) is 12.0 Å². The van der Waals surface area contributed by atoms with E-state index in [1.807, 2.05) is 12.3 Å². The summed E-state index contributed by atoms with van der Waals surface area (Å²) >= 11 is 1.60. The molecule has 22 heavy (non-hydrogen) atoms. The molecule has 2 amide bonds. The highest BCUT2D eigenvalue weighted by molar-refractivity contribution is 7.09. The van der Waals surface area contributed by atoms with E-state index in [4.69, 9.17) is 4.74 Å². The van der Waals surface area contributed by atoms with Gasteiger partial charge in [0.1, 0.15) is 6.04 Å². The maximum Gasteiger partial charge on any atom is 0.328 e. The molecule has 0 aliphatic rings. The fourth-order valence-electron chi connectivity index (χ4n) is 1.91. The number of carbonyl (C=O) groups excluding carboxylic acids is 2. The standard InChI is InChI=1S/C15H25N3O3S/c1-6-7-12(14(19)21-5)17-15(20)18(4)8-11-9-22-13(16-11)10(2)3/h9-10,12H,6-8H2,1-5H3,(H,17,20). The summed E-state index contributed by atoms with van der Waals surface area (Å²) in [6.45, 7) is 6.54. The number of ether oxygens (including phenoxy) is 1. The zero-order chi connectivity index (χ0) is 16.7. The quantitative estimate of drug-likeness (QED) is 0.782. The SMILES string of the molecule is CCCC(NC(=O)N(C)Cc1csc(C(C)C)n1)C(=O)OC. The van der Waals surface area contributed by atoms with Crippen LogP contribution in [-0.4, -0.2) is 42.1 Å². The number of amides is 2. The average molecular weight is 327 g/mol. The van der Waals surface area contributed by atoms with Crippen molar-refractivity contribution in [1.82, 2.24) is 15.2 Å². The maximum absolute atomic E-state index is 12.2. The molecule has 0 saturated heterocycles. The number of rotatable bonds is 7. The van der Waals surface area contributed by atoms with Gasteiger partial charge in [0, 0.05) is 18.3 Å². The van der Waals surface area contributed by atoms with Gasteiger partial charge in [-0.2, -0.15) is 0 Å². The molecule has 0 fully saturated rings. The maximum atomic E-state index is 12.2. The minimum Gasteiger partial charge on any atom is -0.467 e. The summed E-state index contributed by atoms with van der Waals surface area (Å²) in [6.07, 6.45) is 1.34. The third kappa shape index (κ3) is 5.29. The molecule has 1 N–H and O–H groups in total. The van der Waals surface area contributed by atoms with Crippen molar-refractivity contribution in [1.29, 1.82) is 0 Å². The number of aromatic nitrogens is 1. The van der Waals surface area contributed by atoms with Crippen molar-refractivity contribution in [3.8, 4) is 0 Å². The summed E-state index contributed by atoms with van der Waals surface area (Å²) in [5.41, 5.74) is 0.858. The predicted molar refractivity (Wildman–Crippen MR) is 86.9 cm³/mol. The number of carbonyl (C=O) groups is 2. The van der Waals surface area contributed by atoms with Gasteiger partial charge in [-0.1, -0.05) is 27.2 Å². The zero-order valence-electron chi connectivity index (χ0n) is 13.9. The first kappa shape index (κ1) is 18.4. The van der Waals surface area contributed by atoms with E-state index in [1.54, 1.807) is 18.4 Å². The van der Waals surface area contributed by atoms with Crippen molar-refractivity contribution < 1.29 is 14.3 Å². The van der Waals surface area contributed by atoms with Crippen LogP contribution >= 0.6 is 11.3 Å². The van der Waals surface area contributed by atoms with E-state index in [-0.39, 0.29) is 6.03 Å². The lowest BCUT2D eigenvalue weighted by molar-refractivity contribution is -0.143. The van der Waals surface area contributed by atoms with E-state index < -0.39 is 12.0 Å². The molecule has 1 aromatic rings. The molecule has 1 unspecified atom stereocenters. The number of hydrogen-bond acceptors (Lipinski definition) is 5. The summed E-state index contributed by atoms with van der Waals surface area (Å²) in [5, 5.41) is 5.73. The smallest absolute Gasteiger partial charge is 0.328 e. The Labute approximate surface area is 135 Å². The van der Waals surface area contributed by atoms with Crippen molar-refractivity contribution in [2.45, 2.75) is 52.1 Å². The number of methoxy groups -OCH3 is 1. The molecule has 0 saturated carbocycles. The zero-order valence-corrected chi connectivity index (χ0v) is 14.7. The van der Waals surface area contributed by atoms with E-state index >= 15 is 0 Å². The van der Waals surface area contributed by atoms with Crippen LogP contribution in [-0.2, 0) is 16.1 Å². The van der Waals surface area contributed by atoms with Crippen molar-refractivity contribution in [2.75, 3.05) is 14.2 Å². The number of urea groups is 1. The molecule has 0 spiro atoms. The Morgan fingerprint density at radius 1 is 1.45 bits per heavy atom. The molecule has 124 valence electrons. The molecular formula is C15H25N3O3S. The lowest BCUT2D eigenvalue weighted by atomic mass is 10.2. The first-order valence-electron chi connectivity index (χ1n) is 7.42. The topological polar surface area (TPSA) is 71.5 Å². The van der Waals surface area contributed by atoms with Gasteiger partial charge in [-0.25, -0.2) is 14.6 Å². The second kappa shape index (κ2) is 8.73. The van der Waals surface area contributed by atoms with Crippen LogP contribution in [0, 0.1) is 0 Å². The van der Waals surface area contributed by atoms with Gasteiger partial charge in [-0.05, 0) is 6.42 Å².